The van der Waals surface area contributed by atoms with Gasteiger partial charge in [-0.25, -0.2) is 4.98 Å². The molecule has 3 nitrogen and oxygen atoms in total. The second-order valence-corrected chi connectivity index (χ2v) is 5.45. The number of benzene rings is 1. The van der Waals surface area contributed by atoms with Crippen LogP contribution in [-0.4, -0.2) is 9.55 Å². The molecule has 18 heavy (non-hydrogen) atoms. The normalized spacial score (nSPS) is 13.6. The van der Waals surface area contributed by atoms with Crippen LogP contribution >= 0.6 is 0 Å². The Kier molecular flexibility index (Phi) is 3.53. The van der Waals surface area contributed by atoms with Crippen LogP contribution < -0.4 is 5.73 Å². The molecule has 0 saturated heterocycles. The second-order valence-electron chi connectivity index (χ2n) is 5.45. The van der Waals surface area contributed by atoms with Gasteiger partial charge in [0.15, 0.2) is 0 Å². The monoisotopic (exact) mass is 243 g/mol. The van der Waals surface area contributed by atoms with Crippen LogP contribution in [0.5, 0.6) is 0 Å². The number of hydrogen-bond acceptors (Lipinski definition) is 2. The summed E-state index contributed by atoms with van der Waals surface area (Å²) >= 11 is 0. The van der Waals surface area contributed by atoms with Gasteiger partial charge >= 0.3 is 0 Å². The molecule has 2 rings (SSSR count). The second kappa shape index (κ2) is 4.94. The Morgan fingerprint density at radius 1 is 1.28 bits per heavy atom. The van der Waals surface area contributed by atoms with E-state index in [-0.39, 0.29) is 5.54 Å². The molecule has 3 heteroatoms. The summed E-state index contributed by atoms with van der Waals surface area (Å²) < 4.78 is 2.17. The first-order chi connectivity index (χ1) is 8.48. The molecule has 1 aromatic heterocycles. The molecule has 0 saturated carbocycles. The number of imidazole rings is 1. The maximum atomic E-state index is 6.17. The maximum absolute atomic E-state index is 6.17. The quantitative estimate of drug-likeness (QED) is 0.897. The minimum absolute atomic E-state index is 0.354. The van der Waals surface area contributed by atoms with E-state index < -0.39 is 0 Å². The van der Waals surface area contributed by atoms with Crippen molar-refractivity contribution in [1.82, 2.24) is 9.55 Å². The molecule has 0 radical (unpaired) electrons. The smallest absolute Gasteiger partial charge is 0.0951 e. The standard InChI is InChI=1S/C15H21N3/c1-12(9-13-7-5-4-6-8-13)18-11-17-10-14(18)15(2,3)16/h4-8,10-12H,9,16H2,1-3H3. The van der Waals surface area contributed by atoms with E-state index in [1.807, 2.05) is 32.4 Å². The number of nitrogens with zero attached hydrogens (tertiary/aromatic N) is 2. The maximum Gasteiger partial charge on any atom is 0.0951 e. The van der Waals surface area contributed by atoms with Gasteiger partial charge in [-0.05, 0) is 32.8 Å². The van der Waals surface area contributed by atoms with Gasteiger partial charge in [-0.1, -0.05) is 30.3 Å². The zero-order chi connectivity index (χ0) is 13.2. The van der Waals surface area contributed by atoms with Gasteiger partial charge in [0.25, 0.3) is 0 Å². The molecular formula is C15H21N3. The lowest BCUT2D eigenvalue weighted by molar-refractivity contribution is 0.448. The van der Waals surface area contributed by atoms with Crippen LogP contribution in [0.3, 0.4) is 0 Å². The molecule has 0 aliphatic heterocycles. The molecule has 1 heterocycles. The van der Waals surface area contributed by atoms with E-state index in [2.05, 4.69) is 40.7 Å². The van der Waals surface area contributed by atoms with Gasteiger partial charge in [-0.15, -0.1) is 0 Å². The van der Waals surface area contributed by atoms with Crippen molar-refractivity contribution in [3.05, 3.63) is 54.1 Å². The summed E-state index contributed by atoms with van der Waals surface area (Å²) in [4.78, 5) is 4.23. The zero-order valence-corrected chi connectivity index (χ0v) is 11.3. The third-order valence-electron chi connectivity index (χ3n) is 3.18. The fourth-order valence-electron chi connectivity index (χ4n) is 2.21. The fourth-order valence-corrected chi connectivity index (χ4v) is 2.21. The van der Waals surface area contributed by atoms with Crippen molar-refractivity contribution in [2.75, 3.05) is 0 Å². The van der Waals surface area contributed by atoms with Crippen LogP contribution in [-0.2, 0) is 12.0 Å². The van der Waals surface area contributed by atoms with E-state index in [1.54, 1.807) is 0 Å². The number of aromatic nitrogens is 2. The highest BCUT2D eigenvalue weighted by Gasteiger charge is 2.21. The van der Waals surface area contributed by atoms with Gasteiger partial charge in [0.05, 0.1) is 17.6 Å². The van der Waals surface area contributed by atoms with Gasteiger partial charge < -0.3 is 10.3 Å². The van der Waals surface area contributed by atoms with E-state index in [0.29, 0.717) is 6.04 Å². The molecule has 1 unspecified atom stereocenters. The Balaban J connectivity index is 2.20. The molecule has 2 aromatic rings. The average molecular weight is 243 g/mol. The molecule has 0 bridgehead atoms. The summed E-state index contributed by atoms with van der Waals surface area (Å²) in [7, 11) is 0. The summed E-state index contributed by atoms with van der Waals surface area (Å²) in [5, 5.41) is 0. The van der Waals surface area contributed by atoms with Gasteiger partial charge in [0.1, 0.15) is 0 Å². The van der Waals surface area contributed by atoms with Gasteiger partial charge in [0.2, 0.25) is 0 Å². The third kappa shape index (κ3) is 2.79. The molecule has 1 aromatic carbocycles. The van der Waals surface area contributed by atoms with E-state index in [4.69, 9.17) is 5.73 Å². The first-order valence-corrected chi connectivity index (χ1v) is 6.33. The van der Waals surface area contributed by atoms with Crippen molar-refractivity contribution in [1.29, 1.82) is 0 Å². The summed E-state index contributed by atoms with van der Waals surface area (Å²) in [5.41, 5.74) is 8.22. The van der Waals surface area contributed by atoms with Crippen LogP contribution in [0.1, 0.15) is 38.1 Å². The highest BCUT2D eigenvalue weighted by molar-refractivity contribution is 5.17. The van der Waals surface area contributed by atoms with Gasteiger partial charge in [-0.3, -0.25) is 0 Å². The Morgan fingerprint density at radius 3 is 2.56 bits per heavy atom. The molecule has 0 spiro atoms. The van der Waals surface area contributed by atoms with Crippen molar-refractivity contribution < 1.29 is 0 Å². The zero-order valence-electron chi connectivity index (χ0n) is 11.3. The summed E-state index contributed by atoms with van der Waals surface area (Å²) in [6.07, 6.45) is 4.72. The number of nitrogens with two attached hydrogens (primary N) is 1. The van der Waals surface area contributed by atoms with Gasteiger partial charge in [0, 0.05) is 12.2 Å². The Labute approximate surface area is 109 Å². The predicted octanol–water partition coefficient (Wildman–Crippen LogP) is 2.88. The predicted molar refractivity (Wildman–Crippen MR) is 74.3 cm³/mol. The number of rotatable bonds is 4. The number of hydrogen-bond donors (Lipinski definition) is 1. The van der Waals surface area contributed by atoms with Gasteiger partial charge in [-0.2, -0.15) is 0 Å². The van der Waals surface area contributed by atoms with Crippen LogP contribution in [0.4, 0.5) is 0 Å². The van der Waals surface area contributed by atoms with E-state index in [0.717, 1.165) is 12.1 Å². The van der Waals surface area contributed by atoms with Crippen LogP contribution in [0.25, 0.3) is 0 Å². The first kappa shape index (κ1) is 12.8. The molecule has 0 aliphatic rings. The van der Waals surface area contributed by atoms with Crippen molar-refractivity contribution in [2.24, 2.45) is 5.73 Å². The molecule has 96 valence electrons. The minimum Gasteiger partial charge on any atom is -0.330 e. The van der Waals surface area contributed by atoms with E-state index in [9.17, 15) is 0 Å². The van der Waals surface area contributed by atoms with Crippen molar-refractivity contribution in [3.63, 3.8) is 0 Å². The van der Waals surface area contributed by atoms with Crippen molar-refractivity contribution >= 4 is 0 Å². The molecule has 2 N–H and O–H groups in total. The van der Waals surface area contributed by atoms with Crippen molar-refractivity contribution in [2.45, 2.75) is 38.8 Å². The summed E-state index contributed by atoms with van der Waals surface area (Å²) in [6.45, 7) is 6.22. The van der Waals surface area contributed by atoms with E-state index in [1.165, 1.54) is 5.56 Å². The van der Waals surface area contributed by atoms with Crippen LogP contribution in [0.2, 0.25) is 0 Å². The molecule has 0 amide bonds. The van der Waals surface area contributed by atoms with E-state index >= 15 is 0 Å². The van der Waals surface area contributed by atoms with Crippen molar-refractivity contribution in [3.8, 4) is 0 Å². The largest absolute Gasteiger partial charge is 0.330 e. The molecule has 0 aliphatic carbocycles. The molecular weight excluding hydrogens is 222 g/mol. The third-order valence-corrected chi connectivity index (χ3v) is 3.18. The Morgan fingerprint density at radius 2 is 1.94 bits per heavy atom. The molecule has 1 atom stereocenters. The topological polar surface area (TPSA) is 43.8 Å². The first-order valence-electron chi connectivity index (χ1n) is 6.33. The SMILES string of the molecule is CC(Cc1ccccc1)n1cncc1C(C)(C)N. The Bertz CT molecular complexity index is 494. The fraction of sp³-hybridized carbons (Fsp3) is 0.400. The Hall–Kier alpha value is -1.61. The summed E-state index contributed by atoms with van der Waals surface area (Å²) in [6, 6.07) is 10.8. The molecule has 0 fully saturated rings. The lowest BCUT2D eigenvalue weighted by Crippen LogP contribution is -2.32. The van der Waals surface area contributed by atoms with Crippen LogP contribution in [0.15, 0.2) is 42.9 Å². The highest BCUT2D eigenvalue weighted by atomic mass is 15.1. The lowest BCUT2D eigenvalue weighted by atomic mass is 10.0. The highest BCUT2D eigenvalue weighted by Crippen LogP contribution is 2.22. The minimum atomic E-state index is -0.360. The average Bonchev–Trinajstić information content (AvgIpc) is 2.79. The lowest BCUT2D eigenvalue weighted by Gasteiger charge is -2.24. The van der Waals surface area contributed by atoms with Crippen LogP contribution in [0, 0.1) is 0 Å². The summed E-state index contributed by atoms with van der Waals surface area (Å²) in [5.74, 6) is 0.